The average Bonchev–Trinajstić information content (AvgIpc) is 2.78. The lowest BCUT2D eigenvalue weighted by atomic mass is 9.83. The maximum Gasteiger partial charge on any atom is 0.354 e. The van der Waals surface area contributed by atoms with Crippen molar-refractivity contribution in [3.8, 4) is 0 Å². The lowest BCUT2D eigenvalue weighted by Gasteiger charge is -2.37. The summed E-state index contributed by atoms with van der Waals surface area (Å²) in [7, 11) is 1.31. The lowest BCUT2D eigenvalue weighted by Crippen LogP contribution is -2.50. The Morgan fingerprint density at radius 2 is 1.76 bits per heavy atom. The molecule has 1 aromatic rings. The van der Waals surface area contributed by atoms with Crippen LogP contribution in [0.15, 0.2) is 0 Å². The van der Waals surface area contributed by atoms with Crippen LogP contribution in [0, 0.1) is 19.8 Å². The number of nitrogens with zero attached hydrogens (tertiary/aromatic N) is 1. The van der Waals surface area contributed by atoms with E-state index in [2.05, 4.69) is 4.98 Å². The van der Waals surface area contributed by atoms with E-state index in [1.165, 1.54) is 7.11 Å². The van der Waals surface area contributed by atoms with Crippen LogP contribution >= 0.6 is 0 Å². The summed E-state index contributed by atoms with van der Waals surface area (Å²) in [4.78, 5) is 42.4. The van der Waals surface area contributed by atoms with E-state index in [0.29, 0.717) is 16.8 Å². The van der Waals surface area contributed by atoms with Crippen molar-refractivity contribution >= 4 is 17.7 Å². The number of Topliss-reactive ketones (excluding diaryl/α,β-unsaturated/α-hetero) is 1. The van der Waals surface area contributed by atoms with Gasteiger partial charge in [-0.1, -0.05) is 6.42 Å². The fourth-order valence-electron chi connectivity index (χ4n) is 3.52. The Kier molecular flexibility index (Phi) is 5.70. The van der Waals surface area contributed by atoms with Gasteiger partial charge in [-0.3, -0.25) is 9.59 Å². The van der Waals surface area contributed by atoms with Crippen molar-refractivity contribution < 1.29 is 19.1 Å². The van der Waals surface area contributed by atoms with E-state index in [-0.39, 0.29) is 29.3 Å². The summed E-state index contributed by atoms with van der Waals surface area (Å²) in [6.45, 7) is 9.10. The monoisotopic (exact) mass is 348 g/mol. The van der Waals surface area contributed by atoms with Gasteiger partial charge in [-0.05, 0) is 53.0 Å². The molecule has 1 unspecified atom stereocenters. The Labute approximate surface area is 148 Å². The molecule has 1 fully saturated rings. The van der Waals surface area contributed by atoms with E-state index in [1.54, 1.807) is 25.7 Å². The van der Waals surface area contributed by atoms with Gasteiger partial charge < -0.3 is 14.6 Å². The number of hydrogen-bond donors (Lipinski definition) is 1. The Morgan fingerprint density at radius 1 is 1.16 bits per heavy atom. The molecule has 0 spiro atoms. The van der Waals surface area contributed by atoms with E-state index in [0.717, 1.165) is 19.3 Å². The molecule has 1 aromatic heterocycles. The molecule has 6 nitrogen and oxygen atoms in total. The van der Waals surface area contributed by atoms with Gasteiger partial charge in [-0.25, -0.2) is 4.79 Å². The Morgan fingerprint density at radius 3 is 2.20 bits per heavy atom. The number of aryl methyl sites for hydroxylation is 1. The SMILES string of the molecule is COC(=O)c1[nH]c(C)c(C(=O)C(C)N(C(=O)C2CCC2)C(C)C)c1C. The van der Waals surface area contributed by atoms with Crippen LogP contribution in [-0.4, -0.2) is 46.7 Å². The van der Waals surface area contributed by atoms with E-state index in [9.17, 15) is 14.4 Å². The molecular formula is C19H28N2O4. The molecule has 0 aliphatic heterocycles. The minimum atomic E-state index is -0.577. The number of nitrogens with one attached hydrogen (secondary N) is 1. The van der Waals surface area contributed by atoms with Gasteiger partial charge in [0, 0.05) is 23.2 Å². The Hall–Kier alpha value is -2.11. The molecule has 0 aromatic carbocycles. The van der Waals surface area contributed by atoms with E-state index < -0.39 is 12.0 Å². The third-order valence-corrected chi connectivity index (χ3v) is 5.14. The summed E-state index contributed by atoms with van der Waals surface area (Å²) < 4.78 is 4.76. The number of methoxy groups -OCH3 is 1. The molecule has 1 heterocycles. The topological polar surface area (TPSA) is 79.5 Å². The zero-order chi connectivity index (χ0) is 18.9. The van der Waals surface area contributed by atoms with Crippen LogP contribution in [0.5, 0.6) is 0 Å². The normalized spacial score (nSPS) is 15.6. The Balaban J connectivity index is 2.33. The lowest BCUT2D eigenvalue weighted by molar-refractivity contribution is -0.141. The first kappa shape index (κ1) is 19.2. The first-order valence-corrected chi connectivity index (χ1v) is 8.84. The van der Waals surface area contributed by atoms with Crippen LogP contribution in [-0.2, 0) is 9.53 Å². The first-order valence-electron chi connectivity index (χ1n) is 8.84. The summed E-state index contributed by atoms with van der Waals surface area (Å²) in [5.74, 6) is -0.556. The summed E-state index contributed by atoms with van der Waals surface area (Å²) in [6.07, 6.45) is 2.87. The molecule has 0 bridgehead atoms. The van der Waals surface area contributed by atoms with Crippen LogP contribution in [0.4, 0.5) is 0 Å². The van der Waals surface area contributed by atoms with Crippen molar-refractivity contribution in [3.05, 3.63) is 22.5 Å². The van der Waals surface area contributed by atoms with Crippen molar-refractivity contribution in [2.45, 2.75) is 66.0 Å². The number of hydrogen-bond acceptors (Lipinski definition) is 4. The van der Waals surface area contributed by atoms with E-state index >= 15 is 0 Å². The number of rotatable bonds is 6. The molecule has 25 heavy (non-hydrogen) atoms. The second-order valence-electron chi connectivity index (χ2n) is 7.12. The molecule has 0 radical (unpaired) electrons. The maximum atomic E-state index is 13.1. The second kappa shape index (κ2) is 7.42. The highest BCUT2D eigenvalue weighted by Gasteiger charge is 2.37. The van der Waals surface area contributed by atoms with Crippen LogP contribution in [0.2, 0.25) is 0 Å². The summed E-state index contributed by atoms with van der Waals surface area (Å²) >= 11 is 0. The largest absolute Gasteiger partial charge is 0.464 e. The highest BCUT2D eigenvalue weighted by atomic mass is 16.5. The van der Waals surface area contributed by atoms with Gasteiger partial charge in [0.15, 0.2) is 5.78 Å². The van der Waals surface area contributed by atoms with Gasteiger partial charge in [0.25, 0.3) is 0 Å². The maximum absolute atomic E-state index is 13.1. The minimum Gasteiger partial charge on any atom is -0.464 e. The smallest absolute Gasteiger partial charge is 0.354 e. The van der Waals surface area contributed by atoms with Gasteiger partial charge in [0.2, 0.25) is 5.91 Å². The molecule has 1 amide bonds. The van der Waals surface area contributed by atoms with E-state index in [4.69, 9.17) is 4.74 Å². The van der Waals surface area contributed by atoms with Crippen molar-refractivity contribution in [3.63, 3.8) is 0 Å². The fourth-order valence-corrected chi connectivity index (χ4v) is 3.52. The Bertz CT molecular complexity index is 686. The summed E-state index contributed by atoms with van der Waals surface area (Å²) in [5, 5.41) is 0. The van der Waals surface area contributed by atoms with Crippen molar-refractivity contribution in [1.29, 1.82) is 0 Å². The van der Waals surface area contributed by atoms with Gasteiger partial charge in [0.05, 0.1) is 13.2 Å². The molecule has 138 valence electrons. The van der Waals surface area contributed by atoms with Gasteiger partial charge in [-0.15, -0.1) is 0 Å². The number of ketones is 1. The third-order valence-electron chi connectivity index (χ3n) is 5.14. The number of amides is 1. The quantitative estimate of drug-likeness (QED) is 0.633. The van der Waals surface area contributed by atoms with Crippen molar-refractivity contribution in [2.24, 2.45) is 5.92 Å². The second-order valence-corrected chi connectivity index (χ2v) is 7.12. The third kappa shape index (κ3) is 3.48. The highest BCUT2D eigenvalue weighted by molar-refractivity contribution is 6.06. The number of H-pyrrole nitrogens is 1. The number of carbonyl (C=O) groups excluding carboxylic acids is 3. The van der Waals surface area contributed by atoms with Gasteiger partial charge in [0.1, 0.15) is 5.69 Å². The summed E-state index contributed by atoms with van der Waals surface area (Å²) in [5.41, 5.74) is 1.95. The predicted octanol–water partition coefficient (Wildman–Crippen LogP) is 3.03. The van der Waals surface area contributed by atoms with Gasteiger partial charge >= 0.3 is 5.97 Å². The first-order chi connectivity index (χ1) is 11.7. The number of carbonyl (C=O) groups is 3. The van der Waals surface area contributed by atoms with Crippen LogP contribution < -0.4 is 0 Å². The number of ether oxygens (including phenoxy) is 1. The highest BCUT2D eigenvalue weighted by Crippen LogP contribution is 2.31. The molecule has 1 atom stereocenters. The van der Waals surface area contributed by atoms with E-state index in [1.807, 2.05) is 13.8 Å². The standard InChI is InChI=1S/C19H28N2O4/c1-10(2)21(18(23)14-8-7-9-14)13(5)17(22)15-11(3)16(19(24)25-6)20-12(15)4/h10,13-14,20H,7-9H2,1-6H3. The number of esters is 1. The zero-order valence-electron chi connectivity index (χ0n) is 15.9. The molecule has 1 saturated carbocycles. The van der Waals surface area contributed by atoms with Crippen LogP contribution in [0.3, 0.4) is 0 Å². The zero-order valence-corrected chi connectivity index (χ0v) is 15.9. The van der Waals surface area contributed by atoms with Gasteiger partial charge in [-0.2, -0.15) is 0 Å². The molecule has 1 aliphatic rings. The summed E-state index contributed by atoms with van der Waals surface area (Å²) in [6, 6.07) is -0.640. The molecule has 6 heteroatoms. The molecule has 2 rings (SSSR count). The number of aromatic nitrogens is 1. The van der Waals surface area contributed by atoms with Crippen LogP contribution in [0.1, 0.15) is 72.1 Å². The predicted molar refractivity (Wildman–Crippen MR) is 94.7 cm³/mol. The molecule has 1 aliphatic carbocycles. The average molecular weight is 348 g/mol. The fraction of sp³-hybridized carbons (Fsp3) is 0.632. The van der Waals surface area contributed by atoms with Crippen molar-refractivity contribution in [2.75, 3.05) is 7.11 Å². The van der Waals surface area contributed by atoms with Crippen molar-refractivity contribution in [1.82, 2.24) is 9.88 Å². The molecule has 1 N–H and O–H groups in total. The molecule has 0 saturated heterocycles. The van der Waals surface area contributed by atoms with Crippen LogP contribution in [0.25, 0.3) is 0 Å². The number of aromatic amines is 1. The minimum absolute atomic E-state index is 0.0386. The molecular weight excluding hydrogens is 320 g/mol.